The Bertz CT molecular complexity index is 1270. The van der Waals surface area contributed by atoms with Crippen molar-refractivity contribution in [3.05, 3.63) is 60.2 Å². The lowest BCUT2D eigenvalue weighted by Crippen LogP contribution is -2.28. The topological polar surface area (TPSA) is 109 Å². The summed E-state index contributed by atoms with van der Waals surface area (Å²) >= 11 is 0. The Kier molecular flexibility index (Phi) is 6.53. The Morgan fingerprint density at radius 2 is 1.76 bits per heavy atom. The van der Waals surface area contributed by atoms with Crippen LogP contribution in [0.4, 0.5) is 0 Å². The van der Waals surface area contributed by atoms with E-state index in [1.54, 1.807) is 73.3 Å². The van der Waals surface area contributed by atoms with Gasteiger partial charge in [-0.2, -0.15) is 4.52 Å². The van der Waals surface area contributed by atoms with Gasteiger partial charge in [0.05, 0.1) is 39.0 Å². The molecule has 4 aromatic rings. The fourth-order valence-corrected chi connectivity index (χ4v) is 3.25. The average molecular weight is 449 g/mol. The summed E-state index contributed by atoms with van der Waals surface area (Å²) in [6, 6.07) is 15.9. The van der Waals surface area contributed by atoms with E-state index in [1.807, 2.05) is 0 Å². The number of carbonyl (C=O) groups is 1. The molecule has 0 atom stereocenters. The van der Waals surface area contributed by atoms with E-state index in [9.17, 15) is 4.79 Å². The second-order valence-corrected chi connectivity index (χ2v) is 6.84. The SMILES string of the molecule is COc1ccc(OC)c(-c2nnc3ccc(OCCNC(=O)c4ccccc4OC)nn23)c1. The molecule has 2 heterocycles. The van der Waals surface area contributed by atoms with E-state index in [4.69, 9.17) is 18.9 Å². The van der Waals surface area contributed by atoms with Gasteiger partial charge in [0.2, 0.25) is 5.88 Å². The molecule has 0 fully saturated rings. The van der Waals surface area contributed by atoms with Crippen LogP contribution in [-0.2, 0) is 0 Å². The van der Waals surface area contributed by atoms with Crippen LogP contribution in [0.5, 0.6) is 23.1 Å². The lowest BCUT2D eigenvalue weighted by Gasteiger charge is -2.10. The second kappa shape index (κ2) is 9.86. The highest BCUT2D eigenvalue weighted by molar-refractivity contribution is 5.96. The van der Waals surface area contributed by atoms with Crippen molar-refractivity contribution >= 4 is 11.6 Å². The van der Waals surface area contributed by atoms with Gasteiger partial charge in [-0.1, -0.05) is 12.1 Å². The molecule has 0 saturated carbocycles. The van der Waals surface area contributed by atoms with Crippen LogP contribution in [0.25, 0.3) is 17.0 Å². The van der Waals surface area contributed by atoms with Gasteiger partial charge in [0.15, 0.2) is 11.5 Å². The van der Waals surface area contributed by atoms with Crippen molar-refractivity contribution in [3.63, 3.8) is 0 Å². The first-order chi connectivity index (χ1) is 16.1. The van der Waals surface area contributed by atoms with Crippen molar-refractivity contribution in [2.24, 2.45) is 0 Å². The number of para-hydroxylation sites is 1. The smallest absolute Gasteiger partial charge is 0.255 e. The van der Waals surface area contributed by atoms with Crippen LogP contribution in [0, 0.1) is 0 Å². The predicted molar refractivity (Wildman–Crippen MR) is 120 cm³/mol. The van der Waals surface area contributed by atoms with Crippen molar-refractivity contribution in [1.82, 2.24) is 25.1 Å². The minimum atomic E-state index is -0.245. The normalized spacial score (nSPS) is 10.6. The minimum absolute atomic E-state index is 0.222. The third-order valence-electron chi connectivity index (χ3n) is 4.88. The first kappa shape index (κ1) is 21.9. The van der Waals surface area contributed by atoms with Gasteiger partial charge in [-0.15, -0.1) is 15.3 Å². The van der Waals surface area contributed by atoms with Gasteiger partial charge >= 0.3 is 0 Å². The molecule has 2 aromatic carbocycles. The Labute approximate surface area is 190 Å². The summed E-state index contributed by atoms with van der Waals surface area (Å²) in [5.74, 6) is 2.37. The summed E-state index contributed by atoms with van der Waals surface area (Å²) in [6.07, 6.45) is 0. The highest BCUT2D eigenvalue weighted by Crippen LogP contribution is 2.32. The van der Waals surface area contributed by atoms with E-state index >= 15 is 0 Å². The Balaban J connectivity index is 1.46. The number of aromatic nitrogens is 4. The zero-order valence-corrected chi connectivity index (χ0v) is 18.4. The van der Waals surface area contributed by atoms with Crippen molar-refractivity contribution < 1.29 is 23.7 Å². The molecule has 0 saturated heterocycles. The summed E-state index contributed by atoms with van der Waals surface area (Å²) < 4.78 is 23.3. The van der Waals surface area contributed by atoms with Crippen molar-refractivity contribution in [3.8, 4) is 34.5 Å². The van der Waals surface area contributed by atoms with Crippen LogP contribution in [-0.4, -0.2) is 60.2 Å². The van der Waals surface area contributed by atoms with Gasteiger partial charge in [-0.25, -0.2) is 0 Å². The van der Waals surface area contributed by atoms with Crippen LogP contribution >= 0.6 is 0 Å². The molecule has 0 bridgehead atoms. The number of nitrogens with one attached hydrogen (secondary N) is 1. The van der Waals surface area contributed by atoms with Crippen molar-refractivity contribution in [2.75, 3.05) is 34.5 Å². The molecular weight excluding hydrogens is 426 g/mol. The quantitative estimate of drug-likeness (QED) is 0.389. The number of amides is 1. The number of ether oxygens (including phenoxy) is 4. The fourth-order valence-electron chi connectivity index (χ4n) is 3.25. The zero-order valence-electron chi connectivity index (χ0n) is 18.4. The van der Waals surface area contributed by atoms with Crippen LogP contribution in [0.1, 0.15) is 10.4 Å². The lowest BCUT2D eigenvalue weighted by molar-refractivity contribution is 0.0943. The molecule has 1 N–H and O–H groups in total. The maximum Gasteiger partial charge on any atom is 0.255 e. The van der Waals surface area contributed by atoms with E-state index in [0.717, 1.165) is 0 Å². The maximum atomic E-state index is 12.4. The molecule has 0 radical (unpaired) electrons. The van der Waals surface area contributed by atoms with E-state index in [2.05, 4.69) is 20.6 Å². The summed E-state index contributed by atoms with van der Waals surface area (Å²) in [5, 5.41) is 15.7. The molecule has 0 aliphatic heterocycles. The van der Waals surface area contributed by atoms with E-state index in [1.165, 1.54) is 7.11 Å². The lowest BCUT2D eigenvalue weighted by atomic mass is 10.2. The molecule has 2 aromatic heterocycles. The molecule has 170 valence electrons. The van der Waals surface area contributed by atoms with Crippen LogP contribution in [0.3, 0.4) is 0 Å². The molecule has 0 unspecified atom stereocenters. The van der Waals surface area contributed by atoms with Gasteiger partial charge in [0.1, 0.15) is 23.9 Å². The molecule has 0 spiro atoms. The van der Waals surface area contributed by atoms with Gasteiger partial charge in [0, 0.05) is 6.07 Å². The predicted octanol–water partition coefficient (Wildman–Crippen LogP) is 2.63. The number of nitrogens with zero attached hydrogens (tertiary/aromatic N) is 4. The Morgan fingerprint density at radius 3 is 2.55 bits per heavy atom. The third kappa shape index (κ3) is 4.64. The first-order valence-corrected chi connectivity index (χ1v) is 10.1. The molecule has 33 heavy (non-hydrogen) atoms. The van der Waals surface area contributed by atoms with Crippen LogP contribution in [0.2, 0.25) is 0 Å². The molecule has 10 nitrogen and oxygen atoms in total. The summed E-state index contributed by atoms with van der Waals surface area (Å²) in [4.78, 5) is 12.4. The molecule has 0 aliphatic carbocycles. The van der Waals surface area contributed by atoms with E-state index < -0.39 is 0 Å². The van der Waals surface area contributed by atoms with Crippen molar-refractivity contribution in [1.29, 1.82) is 0 Å². The molecular formula is C23H23N5O5. The number of carbonyl (C=O) groups excluding carboxylic acids is 1. The summed E-state index contributed by atoms with van der Waals surface area (Å²) in [7, 11) is 4.69. The maximum absolute atomic E-state index is 12.4. The fraction of sp³-hybridized carbons (Fsp3) is 0.217. The second-order valence-electron chi connectivity index (χ2n) is 6.84. The van der Waals surface area contributed by atoms with Gasteiger partial charge < -0.3 is 24.3 Å². The Hall–Kier alpha value is -4.34. The van der Waals surface area contributed by atoms with Crippen LogP contribution in [0.15, 0.2) is 54.6 Å². The molecule has 1 amide bonds. The monoisotopic (exact) mass is 449 g/mol. The number of rotatable bonds is 9. The van der Waals surface area contributed by atoms with Gasteiger partial charge in [-0.3, -0.25) is 4.79 Å². The molecule has 0 aliphatic rings. The highest BCUT2D eigenvalue weighted by atomic mass is 16.5. The van der Waals surface area contributed by atoms with Gasteiger partial charge in [-0.05, 0) is 36.4 Å². The number of hydrogen-bond acceptors (Lipinski definition) is 8. The van der Waals surface area contributed by atoms with E-state index in [0.29, 0.717) is 45.7 Å². The number of methoxy groups -OCH3 is 3. The molecule has 10 heteroatoms. The average Bonchev–Trinajstić information content (AvgIpc) is 3.29. The largest absolute Gasteiger partial charge is 0.497 e. The van der Waals surface area contributed by atoms with Crippen molar-refractivity contribution in [2.45, 2.75) is 0 Å². The Morgan fingerprint density at radius 1 is 0.939 bits per heavy atom. The zero-order chi connectivity index (χ0) is 23.2. The highest BCUT2D eigenvalue weighted by Gasteiger charge is 2.16. The minimum Gasteiger partial charge on any atom is -0.497 e. The van der Waals surface area contributed by atoms with Crippen LogP contribution < -0.4 is 24.3 Å². The summed E-state index contributed by atoms with van der Waals surface area (Å²) in [6.45, 7) is 0.509. The third-order valence-corrected chi connectivity index (χ3v) is 4.88. The standard InChI is InChI=1S/C23H23N5O5/c1-30-15-8-9-19(32-3)17(14-15)22-26-25-20-10-11-21(27-28(20)22)33-13-12-24-23(29)16-6-4-5-7-18(16)31-2/h4-11,14H,12-13H2,1-3H3,(H,24,29). The first-order valence-electron chi connectivity index (χ1n) is 10.1. The summed E-state index contributed by atoms with van der Waals surface area (Å²) in [5.41, 5.74) is 1.69. The number of hydrogen-bond donors (Lipinski definition) is 1. The number of benzene rings is 2. The van der Waals surface area contributed by atoms with E-state index in [-0.39, 0.29) is 19.1 Å². The van der Waals surface area contributed by atoms with Gasteiger partial charge in [0.25, 0.3) is 5.91 Å². The number of fused-ring (bicyclic) bond motifs is 1. The molecule has 4 rings (SSSR count).